The lowest BCUT2D eigenvalue weighted by Gasteiger charge is -2.32. The van der Waals surface area contributed by atoms with E-state index in [9.17, 15) is 0 Å². The van der Waals surface area contributed by atoms with Crippen LogP contribution in [0.3, 0.4) is 0 Å². The van der Waals surface area contributed by atoms with Crippen molar-refractivity contribution in [3.05, 3.63) is 231 Å². The molecule has 3 aromatic heterocycles. The number of hydrogen-bond acceptors (Lipinski definition) is 2. The molecule has 63 heavy (non-hydrogen) atoms. The molecule has 1 aliphatic rings. The molecule has 0 fully saturated rings. The number of aromatic nitrogens is 4. The van der Waals surface area contributed by atoms with E-state index in [2.05, 4.69) is 240 Å². The maximum Gasteiger partial charge on any atom is 0.185 e. The Bertz CT molecular complexity index is 3690. The zero-order valence-electron chi connectivity index (χ0n) is 34.2. The van der Waals surface area contributed by atoms with Gasteiger partial charge in [-0.1, -0.05) is 182 Å². The van der Waals surface area contributed by atoms with Crippen molar-refractivity contribution >= 4 is 72.4 Å². The summed E-state index contributed by atoms with van der Waals surface area (Å²) >= 11 is 0. The molecule has 0 aliphatic carbocycles. The Kier molecular flexibility index (Phi) is 7.89. The van der Waals surface area contributed by atoms with Gasteiger partial charge in [0.15, 0.2) is 13.9 Å². The molecule has 294 valence electrons. The van der Waals surface area contributed by atoms with Crippen LogP contribution in [-0.4, -0.2) is 27.2 Å². The van der Waals surface area contributed by atoms with E-state index in [0.717, 1.165) is 44.9 Å². The van der Waals surface area contributed by atoms with Crippen LogP contribution >= 0.6 is 0 Å². The predicted octanol–water partition coefficient (Wildman–Crippen LogP) is 11.4. The molecule has 9 aromatic carbocycles. The first-order chi connectivity index (χ1) is 31.3. The van der Waals surface area contributed by atoms with Crippen molar-refractivity contribution in [1.29, 1.82) is 0 Å². The monoisotopic (exact) mass is 818 g/mol. The van der Waals surface area contributed by atoms with Crippen LogP contribution in [0.1, 0.15) is 0 Å². The number of fused-ring (bicyclic) bond motifs is 9. The molecule has 0 unspecified atom stereocenters. The molecule has 1 aliphatic heterocycles. The number of hydrogen-bond donors (Lipinski definition) is 0. The van der Waals surface area contributed by atoms with Crippen LogP contribution in [0.25, 0.3) is 88.9 Å². The molecular weight excluding hydrogens is 781 g/mol. The van der Waals surface area contributed by atoms with Crippen LogP contribution < -0.4 is 20.7 Å². The van der Waals surface area contributed by atoms with Crippen LogP contribution in [0.5, 0.6) is 0 Å². The highest BCUT2D eigenvalue weighted by atomic mass is 28.3. The fourth-order valence-electron chi connectivity index (χ4n) is 10.6. The second kappa shape index (κ2) is 14.0. The van der Waals surface area contributed by atoms with Gasteiger partial charge in [-0.25, -0.2) is 9.97 Å². The van der Waals surface area contributed by atoms with Crippen LogP contribution in [-0.2, 0) is 0 Å². The van der Waals surface area contributed by atoms with Crippen molar-refractivity contribution in [2.24, 2.45) is 0 Å². The molecule has 4 nitrogen and oxygen atoms in total. The SMILES string of the molecule is c1ccc(-c2nc(-c3cccc(-n4c5ccccc5c5cc6c7ccccc7n(-c7ccccc7)c6cc54)c3)nc3c2[Si](c2ccccc2)(c2ccccc2)c2ccccc2-3)cc1. The summed E-state index contributed by atoms with van der Waals surface area (Å²) in [6, 6.07) is 83.7. The first-order valence-electron chi connectivity index (χ1n) is 21.6. The molecule has 4 heterocycles. The highest BCUT2D eigenvalue weighted by Gasteiger charge is 2.51. The van der Waals surface area contributed by atoms with Gasteiger partial charge in [-0.3, -0.25) is 0 Å². The van der Waals surface area contributed by atoms with Crippen molar-refractivity contribution in [2.75, 3.05) is 0 Å². The number of para-hydroxylation sites is 3. The van der Waals surface area contributed by atoms with E-state index >= 15 is 0 Å². The van der Waals surface area contributed by atoms with E-state index in [1.165, 1.54) is 58.9 Å². The zero-order chi connectivity index (χ0) is 41.5. The maximum atomic E-state index is 5.68. The van der Waals surface area contributed by atoms with Crippen molar-refractivity contribution in [3.8, 4) is 45.3 Å². The molecule has 0 spiro atoms. The average molecular weight is 819 g/mol. The Balaban J connectivity index is 1.08. The standard InChI is InChI=1S/C58H38N4Si/c1-5-20-39(21-6-1)55-57-56(47-32-15-18-35-54(47)63(57,43-26-9-3-10-27-43)44-28-11-4-12-29-44)60-58(59-55)40-22-19-25-42(36-40)62-51-34-17-14-31-46(51)49-37-48-45-30-13-16-33-50(45)61(52(48)38-53(49)62)41-23-7-2-8-24-41/h1-38H. The van der Waals surface area contributed by atoms with E-state index < -0.39 is 8.07 Å². The zero-order valence-corrected chi connectivity index (χ0v) is 35.2. The number of rotatable bonds is 6. The first kappa shape index (κ1) is 35.6. The maximum absolute atomic E-state index is 5.68. The van der Waals surface area contributed by atoms with Crippen molar-refractivity contribution in [1.82, 2.24) is 19.1 Å². The molecule has 12 aromatic rings. The topological polar surface area (TPSA) is 35.6 Å². The van der Waals surface area contributed by atoms with Gasteiger partial charge >= 0.3 is 0 Å². The van der Waals surface area contributed by atoms with Crippen LogP contribution in [0, 0.1) is 0 Å². The Morgan fingerprint density at radius 1 is 0.333 bits per heavy atom. The first-order valence-corrected chi connectivity index (χ1v) is 23.6. The summed E-state index contributed by atoms with van der Waals surface area (Å²) in [4.78, 5) is 11.3. The molecule has 0 amide bonds. The normalized spacial score (nSPS) is 12.9. The van der Waals surface area contributed by atoms with Crippen LogP contribution in [0.15, 0.2) is 231 Å². The largest absolute Gasteiger partial charge is 0.309 e. The lowest BCUT2D eigenvalue weighted by molar-refractivity contribution is 1.16. The molecule has 0 saturated heterocycles. The summed E-state index contributed by atoms with van der Waals surface area (Å²) < 4.78 is 4.82. The highest BCUT2D eigenvalue weighted by molar-refractivity contribution is 7.22. The van der Waals surface area contributed by atoms with E-state index in [1.54, 1.807) is 0 Å². The van der Waals surface area contributed by atoms with Gasteiger partial charge in [0.05, 0.1) is 33.5 Å². The van der Waals surface area contributed by atoms with Crippen molar-refractivity contribution in [2.45, 2.75) is 0 Å². The van der Waals surface area contributed by atoms with E-state index in [1.807, 2.05) is 0 Å². The summed E-state index contributed by atoms with van der Waals surface area (Å²) in [5, 5.41) is 10.2. The third kappa shape index (κ3) is 5.21. The Hall–Kier alpha value is -8.12. The molecule has 5 heteroatoms. The summed E-state index contributed by atoms with van der Waals surface area (Å²) in [7, 11) is -2.89. The molecule has 0 bridgehead atoms. The summed E-state index contributed by atoms with van der Waals surface area (Å²) in [5.74, 6) is 0.711. The second-order valence-electron chi connectivity index (χ2n) is 16.5. The van der Waals surface area contributed by atoms with E-state index in [-0.39, 0.29) is 0 Å². The van der Waals surface area contributed by atoms with Crippen LogP contribution in [0.2, 0.25) is 0 Å². The minimum atomic E-state index is -2.89. The number of nitrogens with zero attached hydrogens (tertiary/aromatic N) is 4. The van der Waals surface area contributed by atoms with Gasteiger partial charge in [-0.2, -0.15) is 0 Å². The molecule has 0 saturated carbocycles. The minimum absolute atomic E-state index is 0.711. The summed E-state index contributed by atoms with van der Waals surface area (Å²) in [6.07, 6.45) is 0. The van der Waals surface area contributed by atoms with Gasteiger partial charge in [-0.05, 0) is 64.1 Å². The smallest absolute Gasteiger partial charge is 0.185 e. The Morgan fingerprint density at radius 2 is 0.825 bits per heavy atom. The molecular formula is C58H38N4Si. The van der Waals surface area contributed by atoms with Crippen LogP contribution in [0.4, 0.5) is 0 Å². The van der Waals surface area contributed by atoms with Crippen molar-refractivity contribution < 1.29 is 0 Å². The molecule has 13 rings (SSSR count). The fourth-order valence-corrected chi connectivity index (χ4v) is 15.8. The van der Waals surface area contributed by atoms with Gasteiger partial charge in [0.25, 0.3) is 0 Å². The quantitative estimate of drug-likeness (QED) is 0.157. The van der Waals surface area contributed by atoms with Gasteiger partial charge < -0.3 is 9.13 Å². The lowest BCUT2D eigenvalue weighted by Crippen LogP contribution is -2.73. The van der Waals surface area contributed by atoms with Gasteiger partial charge in [-0.15, -0.1) is 0 Å². The third-order valence-electron chi connectivity index (χ3n) is 13.2. The lowest BCUT2D eigenvalue weighted by atomic mass is 10.1. The second-order valence-corrected chi connectivity index (χ2v) is 20.2. The summed E-state index contributed by atoms with van der Waals surface area (Å²) in [6.45, 7) is 0. The summed E-state index contributed by atoms with van der Waals surface area (Å²) in [5.41, 5.74) is 12.1. The third-order valence-corrected chi connectivity index (χ3v) is 18.0. The molecule has 0 atom stereocenters. The molecule has 0 radical (unpaired) electrons. The van der Waals surface area contributed by atoms with Gasteiger partial charge in [0.1, 0.15) is 0 Å². The fraction of sp³-hybridized carbons (Fsp3) is 0. The highest BCUT2D eigenvalue weighted by Crippen LogP contribution is 2.40. The minimum Gasteiger partial charge on any atom is -0.309 e. The van der Waals surface area contributed by atoms with Gasteiger partial charge in [0.2, 0.25) is 0 Å². The number of benzene rings is 9. The Morgan fingerprint density at radius 3 is 1.48 bits per heavy atom. The van der Waals surface area contributed by atoms with E-state index in [0.29, 0.717) is 5.82 Å². The van der Waals surface area contributed by atoms with E-state index in [4.69, 9.17) is 9.97 Å². The predicted molar refractivity (Wildman–Crippen MR) is 264 cm³/mol. The Labute approximate surface area is 365 Å². The molecule has 0 N–H and O–H groups in total. The van der Waals surface area contributed by atoms with Crippen molar-refractivity contribution in [3.63, 3.8) is 0 Å². The van der Waals surface area contributed by atoms with Gasteiger partial charge in [0, 0.05) is 54.8 Å². The average Bonchev–Trinajstić information content (AvgIpc) is 3.98.